The number of nitrogens with zero attached hydrogens (tertiary/aromatic N) is 5. The fourth-order valence-corrected chi connectivity index (χ4v) is 4.13. The first-order valence-corrected chi connectivity index (χ1v) is 9.75. The van der Waals surface area contributed by atoms with Crippen LogP contribution in [0.1, 0.15) is 10.6 Å². The van der Waals surface area contributed by atoms with Crippen LogP contribution in [0, 0.1) is 0 Å². The van der Waals surface area contributed by atoms with E-state index in [2.05, 4.69) is 20.2 Å². The SMILES string of the molecule is OCc1ccc(-c2cc(C(F)(F)C(F)(F)F)nc3c2ccc2nc(-c4nnco4)cn23)s1. The Kier molecular flexibility index (Phi) is 4.49. The van der Waals surface area contributed by atoms with Crippen LogP contribution in [0.4, 0.5) is 22.0 Å². The van der Waals surface area contributed by atoms with Gasteiger partial charge in [-0.3, -0.25) is 4.40 Å². The van der Waals surface area contributed by atoms with E-state index in [-0.39, 0.29) is 35.0 Å². The molecule has 0 radical (unpaired) electrons. The van der Waals surface area contributed by atoms with E-state index in [0.717, 1.165) is 23.8 Å². The average molecular weight is 467 g/mol. The summed E-state index contributed by atoms with van der Waals surface area (Å²) in [6.45, 7) is -0.293. The van der Waals surface area contributed by atoms with E-state index in [0.29, 0.717) is 15.1 Å². The third-order valence-corrected chi connectivity index (χ3v) is 5.84. The number of aliphatic hydroxyl groups is 1. The zero-order valence-corrected chi connectivity index (χ0v) is 16.5. The minimum Gasteiger partial charge on any atom is -0.422 e. The van der Waals surface area contributed by atoms with Gasteiger partial charge in [-0.25, -0.2) is 9.97 Å². The lowest BCUT2D eigenvalue weighted by atomic mass is 10.1. The predicted octanol–water partition coefficient (Wildman–Crippen LogP) is 4.81. The summed E-state index contributed by atoms with van der Waals surface area (Å²) in [6, 6.07) is 6.94. The Morgan fingerprint density at radius 1 is 1.06 bits per heavy atom. The minimum atomic E-state index is -5.84. The Hall–Kier alpha value is -3.45. The van der Waals surface area contributed by atoms with Crippen molar-refractivity contribution in [1.82, 2.24) is 24.6 Å². The molecule has 0 saturated carbocycles. The number of rotatable bonds is 4. The van der Waals surface area contributed by atoms with Crippen molar-refractivity contribution in [3.63, 3.8) is 0 Å². The highest BCUT2D eigenvalue weighted by Gasteiger charge is 2.60. The van der Waals surface area contributed by atoms with Crippen molar-refractivity contribution >= 4 is 28.0 Å². The molecular weight excluding hydrogens is 457 g/mol. The molecule has 0 unspecified atom stereocenters. The summed E-state index contributed by atoms with van der Waals surface area (Å²) in [7, 11) is 0. The summed E-state index contributed by atoms with van der Waals surface area (Å²) in [5.74, 6) is -5.14. The molecule has 0 spiro atoms. The summed E-state index contributed by atoms with van der Waals surface area (Å²) >= 11 is 1.07. The van der Waals surface area contributed by atoms with Crippen LogP contribution in [0.3, 0.4) is 0 Å². The number of fused-ring (bicyclic) bond motifs is 3. The highest BCUT2D eigenvalue weighted by molar-refractivity contribution is 7.15. The van der Waals surface area contributed by atoms with Crippen LogP contribution < -0.4 is 0 Å². The summed E-state index contributed by atoms with van der Waals surface area (Å²) in [5, 5.41) is 16.9. The topological polar surface area (TPSA) is 89.3 Å². The monoisotopic (exact) mass is 467 g/mol. The van der Waals surface area contributed by atoms with E-state index < -0.39 is 17.8 Å². The van der Waals surface area contributed by atoms with Gasteiger partial charge >= 0.3 is 12.1 Å². The van der Waals surface area contributed by atoms with Gasteiger partial charge in [-0.2, -0.15) is 22.0 Å². The highest BCUT2D eigenvalue weighted by atomic mass is 32.1. The van der Waals surface area contributed by atoms with Crippen LogP contribution in [0.2, 0.25) is 0 Å². The minimum absolute atomic E-state index is 0.0460. The van der Waals surface area contributed by atoms with E-state index >= 15 is 0 Å². The van der Waals surface area contributed by atoms with Crippen molar-refractivity contribution in [1.29, 1.82) is 0 Å². The van der Waals surface area contributed by atoms with Gasteiger partial charge in [0.2, 0.25) is 6.39 Å². The van der Waals surface area contributed by atoms with Gasteiger partial charge in [-0.1, -0.05) is 0 Å². The number of aliphatic hydroxyl groups excluding tert-OH is 1. The summed E-state index contributed by atoms with van der Waals surface area (Å²) in [5.41, 5.74) is -1.06. The number of halogens is 5. The normalized spacial score (nSPS) is 12.8. The Labute approximate surface area is 178 Å². The van der Waals surface area contributed by atoms with E-state index in [4.69, 9.17) is 4.42 Å². The third-order valence-electron chi connectivity index (χ3n) is 4.74. The Morgan fingerprint density at radius 3 is 2.53 bits per heavy atom. The summed E-state index contributed by atoms with van der Waals surface area (Å²) in [6.07, 6.45) is -3.40. The molecule has 164 valence electrons. The van der Waals surface area contributed by atoms with Crippen LogP contribution in [0.5, 0.6) is 0 Å². The molecule has 0 aliphatic heterocycles. The molecule has 32 heavy (non-hydrogen) atoms. The molecule has 13 heteroatoms. The smallest absolute Gasteiger partial charge is 0.422 e. The first kappa shape index (κ1) is 20.5. The fraction of sp³-hybridized carbons (Fsp3) is 0.158. The van der Waals surface area contributed by atoms with Crippen molar-refractivity contribution in [2.75, 3.05) is 0 Å². The molecule has 5 heterocycles. The number of imidazole rings is 1. The van der Waals surface area contributed by atoms with Crippen molar-refractivity contribution in [2.45, 2.75) is 18.7 Å². The lowest BCUT2D eigenvalue weighted by Crippen LogP contribution is -2.34. The quantitative estimate of drug-likeness (QED) is 0.382. The van der Waals surface area contributed by atoms with E-state index in [1.165, 1.54) is 16.7 Å². The van der Waals surface area contributed by atoms with Gasteiger partial charge in [0.25, 0.3) is 5.89 Å². The molecule has 0 fully saturated rings. The maximum absolute atomic E-state index is 14.3. The molecule has 5 rings (SSSR count). The van der Waals surface area contributed by atoms with Gasteiger partial charge < -0.3 is 9.52 Å². The molecule has 5 aromatic rings. The zero-order valence-electron chi connectivity index (χ0n) is 15.6. The first-order chi connectivity index (χ1) is 15.2. The van der Waals surface area contributed by atoms with Crippen molar-refractivity contribution in [2.24, 2.45) is 0 Å². The maximum Gasteiger partial charge on any atom is 0.459 e. The van der Waals surface area contributed by atoms with Gasteiger partial charge in [0, 0.05) is 26.9 Å². The Bertz CT molecular complexity index is 1440. The molecule has 1 N–H and O–H groups in total. The lowest BCUT2D eigenvalue weighted by molar-refractivity contribution is -0.290. The van der Waals surface area contributed by atoms with E-state index in [1.807, 2.05) is 0 Å². The van der Waals surface area contributed by atoms with Gasteiger partial charge in [0.15, 0.2) is 0 Å². The van der Waals surface area contributed by atoms with Gasteiger partial charge in [-0.05, 0) is 30.3 Å². The highest BCUT2D eigenvalue weighted by Crippen LogP contribution is 2.45. The Morgan fingerprint density at radius 2 is 1.88 bits per heavy atom. The van der Waals surface area contributed by atoms with Crippen LogP contribution in [-0.2, 0) is 12.5 Å². The fourth-order valence-electron chi connectivity index (χ4n) is 3.23. The van der Waals surface area contributed by atoms with Crippen LogP contribution in [0.15, 0.2) is 47.3 Å². The van der Waals surface area contributed by atoms with Crippen molar-refractivity contribution in [3.05, 3.63) is 53.5 Å². The van der Waals surface area contributed by atoms with Gasteiger partial charge in [0.1, 0.15) is 22.7 Å². The zero-order chi connectivity index (χ0) is 22.7. The number of hydrogen-bond acceptors (Lipinski definition) is 7. The number of alkyl halides is 5. The molecule has 0 amide bonds. The van der Waals surface area contributed by atoms with Crippen LogP contribution in [0.25, 0.3) is 38.7 Å². The average Bonchev–Trinajstić information content (AvgIpc) is 3.51. The molecule has 7 nitrogen and oxygen atoms in total. The molecule has 0 aromatic carbocycles. The molecule has 0 aliphatic carbocycles. The van der Waals surface area contributed by atoms with Gasteiger partial charge in [0.05, 0.1) is 6.61 Å². The number of hydrogen-bond donors (Lipinski definition) is 1. The molecule has 0 bridgehead atoms. The van der Waals surface area contributed by atoms with Crippen molar-refractivity contribution in [3.8, 4) is 22.0 Å². The van der Waals surface area contributed by atoms with E-state index in [1.54, 1.807) is 18.2 Å². The molecular formula is C19H10F5N5O2S. The second kappa shape index (κ2) is 7.03. The van der Waals surface area contributed by atoms with Gasteiger partial charge in [-0.15, -0.1) is 21.5 Å². The molecule has 0 aliphatic rings. The standard InChI is InChI=1S/C19H10F5N5O2S/c20-18(21,19(22,23)24)14-5-11(13-3-1-9(7-30)32-13)10-2-4-15-26-12(17-28-25-8-31-17)6-29(15)16(10)27-14/h1-6,8,30H,7H2. The van der Waals surface area contributed by atoms with Crippen molar-refractivity contribution < 1.29 is 31.5 Å². The number of aromatic nitrogens is 5. The van der Waals surface area contributed by atoms with Crippen LogP contribution >= 0.6 is 11.3 Å². The second-order valence-electron chi connectivity index (χ2n) is 6.72. The summed E-state index contributed by atoms with van der Waals surface area (Å²) < 4.78 is 74.4. The molecule has 5 aromatic heterocycles. The summed E-state index contributed by atoms with van der Waals surface area (Å²) in [4.78, 5) is 8.87. The molecule has 0 atom stereocenters. The molecule has 0 saturated heterocycles. The lowest BCUT2D eigenvalue weighted by Gasteiger charge is -2.20. The Balaban J connectivity index is 1.84. The van der Waals surface area contributed by atoms with E-state index in [9.17, 15) is 27.1 Å². The largest absolute Gasteiger partial charge is 0.459 e. The number of thiophene rings is 1. The first-order valence-electron chi connectivity index (χ1n) is 8.93. The third kappa shape index (κ3) is 3.12. The predicted molar refractivity (Wildman–Crippen MR) is 103 cm³/mol. The maximum atomic E-state index is 14.3. The van der Waals surface area contributed by atoms with Crippen LogP contribution in [-0.4, -0.2) is 35.8 Å². The second-order valence-corrected chi connectivity index (χ2v) is 7.89. The number of pyridine rings is 2.